The number of nitrogens with zero attached hydrogens (tertiary/aromatic N) is 1. The van der Waals surface area contributed by atoms with Crippen LogP contribution in [0.25, 0.3) is 0 Å². The van der Waals surface area contributed by atoms with Crippen molar-refractivity contribution in [2.24, 2.45) is 4.99 Å². The second-order valence-corrected chi connectivity index (χ2v) is 5.00. The molecular weight excluding hydrogens is 263 g/mol. The third-order valence-electron chi connectivity index (χ3n) is 1.78. The third kappa shape index (κ3) is 2.82. The molecule has 2 rings (SSSR count). The first kappa shape index (κ1) is 13.6. The van der Waals surface area contributed by atoms with Gasteiger partial charge >= 0.3 is 51.4 Å². The van der Waals surface area contributed by atoms with Crippen LogP contribution in [-0.4, -0.2) is 65.6 Å². The van der Waals surface area contributed by atoms with Crippen molar-refractivity contribution in [1.82, 2.24) is 4.72 Å². The number of hydrogen-bond acceptors (Lipinski definition) is 3. The van der Waals surface area contributed by atoms with Crippen molar-refractivity contribution in [2.75, 3.05) is 0 Å². The van der Waals surface area contributed by atoms with Crippen molar-refractivity contribution in [3.05, 3.63) is 23.2 Å². The van der Waals surface area contributed by atoms with Crippen molar-refractivity contribution >= 4 is 84.5 Å². The molecule has 0 unspecified atom stereocenters. The molecule has 0 atom stereocenters. The zero-order chi connectivity index (χ0) is 10.3. The monoisotopic (exact) mass is 270 g/mol. The molecule has 0 radical (unpaired) electrons. The zero-order valence-corrected chi connectivity index (χ0v) is 8.85. The summed E-state index contributed by atoms with van der Waals surface area (Å²) in [5.74, 6) is 0.361. The number of fused-ring (bicyclic) bond motifs is 1. The molecule has 15 heavy (non-hydrogen) atoms. The summed E-state index contributed by atoms with van der Waals surface area (Å²) in [4.78, 5) is 4.17. The van der Waals surface area contributed by atoms with Gasteiger partial charge in [-0.1, -0.05) is 11.6 Å². The van der Waals surface area contributed by atoms with Crippen molar-refractivity contribution in [3.8, 4) is 0 Å². The predicted octanol–water partition coefficient (Wildman–Crippen LogP) is 1.03. The van der Waals surface area contributed by atoms with Gasteiger partial charge < -0.3 is 0 Å². The van der Waals surface area contributed by atoms with Crippen LogP contribution in [0.5, 0.6) is 0 Å². The van der Waals surface area contributed by atoms with Gasteiger partial charge in [0.05, 0.1) is 5.69 Å². The molecule has 1 aromatic carbocycles. The standard InChI is InChI=1S/C8H7ClN2O2S.K.H/c1-5-10-7-3-2-6(9)4-8(7)14(12,13)11-5;;/h2-4H,1H3,(H,10,11);;. The summed E-state index contributed by atoms with van der Waals surface area (Å²) in [6.45, 7) is 1.59. The molecular formula is C8H8ClKN2O2S. The van der Waals surface area contributed by atoms with E-state index in [4.69, 9.17) is 11.6 Å². The van der Waals surface area contributed by atoms with E-state index in [0.29, 0.717) is 16.5 Å². The van der Waals surface area contributed by atoms with Gasteiger partial charge in [0.15, 0.2) is 0 Å². The van der Waals surface area contributed by atoms with Gasteiger partial charge in [-0.25, -0.2) is 13.4 Å². The molecule has 1 N–H and O–H groups in total. The number of aliphatic imine (C=N–C) groups is 1. The molecule has 0 spiro atoms. The number of amidine groups is 1. The number of benzene rings is 1. The maximum atomic E-state index is 11.6. The van der Waals surface area contributed by atoms with Crippen LogP contribution in [-0.2, 0) is 10.0 Å². The van der Waals surface area contributed by atoms with Crippen molar-refractivity contribution in [2.45, 2.75) is 11.8 Å². The van der Waals surface area contributed by atoms with Crippen LogP contribution in [0.2, 0.25) is 5.02 Å². The summed E-state index contributed by atoms with van der Waals surface area (Å²) >= 11 is 5.70. The van der Waals surface area contributed by atoms with Crippen LogP contribution in [0.1, 0.15) is 6.92 Å². The van der Waals surface area contributed by atoms with Crippen LogP contribution in [0.4, 0.5) is 5.69 Å². The minimum absolute atomic E-state index is 0. The molecule has 4 nitrogen and oxygen atoms in total. The Morgan fingerprint density at radius 1 is 1.40 bits per heavy atom. The Morgan fingerprint density at radius 2 is 2.07 bits per heavy atom. The van der Waals surface area contributed by atoms with Crippen LogP contribution in [0.3, 0.4) is 0 Å². The Labute approximate surface area is 136 Å². The molecule has 0 fully saturated rings. The van der Waals surface area contributed by atoms with E-state index in [0.717, 1.165) is 0 Å². The Balaban J connectivity index is 0.00000112. The number of halogens is 1. The Kier molecular flexibility index (Phi) is 4.39. The molecule has 1 aliphatic heterocycles. The summed E-state index contributed by atoms with van der Waals surface area (Å²) in [7, 11) is -3.48. The predicted molar refractivity (Wildman–Crippen MR) is 61.7 cm³/mol. The van der Waals surface area contributed by atoms with E-state index in [-0.39, 0.29) is 56.3 Å². The van der Waals surface area contributed by atoms with Gasteiger partial charge in [-0.3, -0.25) is 4.72 Å². The first-order valence-corrected chi connectivity index (χ1v) is 5.73. The SMILES string of the molecule is CC1=Nc2ccc(Cl)cc2S(=O)(=O)N1.[KH]. The molecule has 0 saturated carbocycles. The molecule has 0 aromatic heterocycles. The van der Waals surface area contributed by atoms with Crippen LogP contribution in [0.15, 0.2) is 28.1 Å². The average Bonchev–Trinajstić information content (AvgIpc) is 2.05. The molecule has 7 heteroatoms. The van der Waals surface area contributed by atoms with Gasteiger partial charge in [0, 0.05) is 5.02 Å². The fourth-order valence-corrected chi connectivity index (χ4v) is 2.70. The zero-order valence-electron chi connectivity index (χ0n) is 7.28. The second kappa shape index (κ2) is 4.83. The molecule has 1 heterocycles. The van der Waals surface area contributed by atoms with Crippen molar-refractivity contribution in [3.63, 3.8) is 0 Å². The number of hydrogen-bond donors (Lipinski definition) is 1. The molecule has 0 aliphatic carbocycles. The molecule has 1 aliphatic rings. The van der Waals surface area contributed by atoms with Gasteiger partial charge in [0.25, 0.3) is 10.0 Å². The van der Waals surface area contributed by atoms with Crippen LogP contribution < -0.4 is 4.72 Å². The Hall–Kier alpha value is 0.566. The summed E-state index contributed by atoms with van der Waals surface area (Å²) in [5.41, 5.74) is 0.422. The van der Waals surface area contributed by atoms with Crippen molar-refractivity contribution in [1.29, 1.82) is 0 Å². The fraction of sp³-hybridized carbons (Fsp3) is 0.125. The van der Waals surface area contributed by atoms with Crippen LogP contribution >= 0.6 is 11.6 Å². The average molecular weight is 271 g/mol. The number of rotatable bonds is 0. The van der Waals surface area contributed by atoms with E-state index in [1.54, 1.807) is 19.1 Å². The fourth-order valence-electron chi connectivity index (χ4n) is 1.25. The van der Waals surface area contributed by atoms with E-state index >= 15 is 0 Å². The summed E-state index contributed by atoms with van der Waals surface area (Å²) in [6, 6.07) is 4.58. The molecule has 1 aromatic rings. The van der Waals surface area contributed by atoms with Gasteiger partial charge in [0.2, 0.25) is 0 Å². The Bertz CT molecular complexity index is 527. The van der Waals surface area contributed by atoms with Gasteiger partial charge in [-0.15, -0.1) is 0 Å². The molecule has 0 amide bonds. The van der Waals surface area contributed by atoms with Crippen molar-refractivity contribution < 1.29 is 8.42 Å². The third-order valence-corrected chi connectivity index (χ3v) is 3.49. The summed E-state index contributed by atoms with van der Waals surface area (Å²) in [6.07, 6.45) is 0. The topological polar surface area (TPSA) is 58.5 Å². The number of nitrogens with one attached hydrogen (secondary N) is 1. The van der Waals surface area contributed by atoms with Crippen LogP contribution in [0, 0.1) is 0 Å². The quantitative estimate of drug-likeness (QED) is 0.716. The van der Waals surface area contributed by atoms with E-state index in [1.165, 1.54) is 6.07 Å². The Morgan fingerprint density at radius 3 is 2.73 bits per heavy atom. The second-order valence-electron chi connectivity index (χ2n) is 2.91. The van der Waals surface area contributed by atoms with Gasteiger partial charge in [0.1, 0.15) is 10.7 Å². The van der Waals surface area contributed by atoms with E-state index < -0.39 is 10.0 Å². The normalized spacial score (nSPS) is 16.8. The molecule has 0 saturated heterocycles. The molecule has 76 valence electrons. The first-order chi connectivity index (χ1) is 6.49. The minimum atomic E-state index is -3.48. The molecule has 0 bridgehead atoms. The van der Waals surface area contributed by atoms with Gasteiger partial charge in [-0.2, -0.15) is 0 Å². The van der Waals surface area contributed by atoms with E-state index in [9.17, 15) is 8.42 Å². The summed E-state index contributed by atoms with van der Waals surface area (Å²) in [5, 5.41) is 0.379. The summed E-state index contributed by atoms with van der Waals surface area (Å²) < 4.78 is 25.5. The van der Waals surface area contributed by atoms with E-state index in [1.807, 2.05) is 0 Å². The number of sulfonamides is 1. The first-order valence-electron chi connectivity index (χ1n) is 3.87. The van der Waals surface area contributed by atoms with E-state index in [2.05, 4.69) is 9.71 Å². The maximum absolute atomic E-state index is 11.6. The van der Waals surface area contributed by atoms with Gasteiger partial charge in [-0.05, 0) is 25.1 Å².